The highest BCUT2D eigenvalue weighted by atomic mass is 16.5. The molecule has 0 aliphatic heterocycles. The van der Waals surface area contributed by atoms with E-state index in [9.17, 15) is 19.2 Å². The van der Waals surface area contributed by atoms with Gasteiger partial charge in [0.1, 0.15) is 11.7 Å². The van der Waals surface area contributed by atoms with Gasteiger partial charge in [0.25, 0.3) is 5.91 Å². The van der Waals surface area contributed by atoms with Gasteiger partial charge in [-0.25, -0.2) is 4.79 Å². The number of methoxy groups -OCH3 is 1. The Hall–Kier alpha value is -3.42. The van der Waals surface area contributed by atoms with Crippen molar-refractivity contribution in [2.75, 3.05) is 7.11 Å². The van der Waals surface area contributed by atoms with E-state index < -0.39 is 12.0 Å². The van der Waals surface area contributed by atoms with Gasteiger partial charge in [0.2, 0.25) is 5.91 Å². The van der Waals surface area contributed by atoms with Crippen LogP contribution < -0.4 is 10.6 Å². The lowest BCUT2D eigenvalue weighted by molar-refractivity contribution is -0.123. The van der Waals surface area contributed by atoms with E-state index in [1.165, 1.54) is 7.11 Å². The highest BCUT2D eigenvalue weighted by Gasteiger charge is 2.35. The highest BCUT2D eigenvalue weighted by molar-refractivity contribution is 6.05. The Morgan fingerprint density at radius 1 is 1.14 bits per heavy atom. The van der Waals surface area contributed by atoms with Gasteiger partial charge in [0.15, 0.2) is 5.78 Å². The molecular formula is C27H35N3O5. The lowest BCUT2D eigenvalue weighted by Gasteiger charge is -2.28. The Balaban J connectivity index is 1.69. The summed E-state index contributed by atoms with van der Waals surface area (Å²) in [5, 5.41) is 5.74. The molecule has 35 heavy (non-hydrogen) atoms. The average molecular weight is 482 g/mol. The van der Waals surface area contributed by atoms with E-state index in [1.54, 1.807) is 31.2 Å². The molecule has 0 radical (unpaired) electrons. The summed E-state index contributed by atoms with van der Waals surface area (Å²) < 4.78 is 4.70. The molecule has 188 valence electrons. The minimum absolute atomic E-state index is 0.0440. The van der Waals surface area contributed by atoms with Crippen molar-refractivity contribution in [3.63, 3.8) is 0 Å². The van der Waals surface area contributed by atoms with Gasteiger partial charge in [-0.05, 0) is 48.4 Å². The predicted octanol–water partition coefficient (Wildman–Crippen LogP) is 3.87. The number of esters is 1. The number of ether oxygens (including phenoxy) is 1. The number of benzene rings is 1. The summed E-state index contributed by atoms with van der Waals surface area (Å²) in [7, 11) is 1.32. The van der Waals surface area contributed by atoms with Gasteiger partial charge in [0, 0.05) is 24.2 Å². The van der Waals surface area contributed by atoms with Crippen molar-refractivity contribution in [3.05, 3.63) is 57.9 Å². The van der Waals surface area contributed by atoms with Gasteiger partial charge >= 0.3 is 5.97 Å². The number of amides is 2. The quantitative estimate of drug-likeness (QED) is 0.470. The third-order valence-electron chi connectivity index (χ3n) is 6.44. The SMILES string of the molecule is CCCCC(NC(=O)c1[nH]c2c(c1C)C(=O)CC(C)(C)C2)C(=O)NCc1ccc(C(=O)OC)cc1. The van der Waals surface area contributed by atoms with Crippen LogP contribution in [0.25, 0.3) is 0 Å². The van der Waals surface area contributed by atoms with Crippen molar-refractivity contribution in [2.45, 2.75) is 72.4 Å². The summed E-state index contributed by atoms with van der Waals surface area (Å²) in [5.41, 5.74) is 3.47. The van der Waals surface area contributed by atoms with Gasteiger partial charge in [-0.3, -0.25) is 14.4 Å². The van der Waals surface area contributed by atoms with Crippen molar-refractivity contribution in [1.82, 2.24) is 15.6 Å². The Labute approximate surface area is 206 Å². The zero-order chi connectivity index (χ0) is 25.8. The Kier molecular flexibility index (Phi) is 8.14. The Bertz CT molecular complexity index is 1110. The van der Waals surface area contributed by atoms with Crippen LogP contribution in [0, 0.1) is 12.3 Å². The molecule has 3 N–H and O–H groups in total. The molecule has 1 atom stereocenters. The average Bonchev–Trinajstić information content (AvgIpc) is 3.14. The standard InChI is InChI=1S/C27H35N3O5/c1-6-7-8-19(24(32)28-15-17-9-11-18(12-10-17)26(34)35-5)30-25(33)23-16(2)22-20(29-23)13-27(3,4)14-21(22)31/h9-12,19,29H,6-8,13-15H2,1-5H3,(H,28,32)(H,30,33). The number of hydrogen-bond donors (Lipinski definition) is 3. The third kappa shape index (κ3) is 6.18. The first-order valence-corrected chi connectivity index (χ1v) is 12.1. The molecule has 8 nitrogen and oxygen atoms in total. The van der Waals surface area contributed by atoms with Gasteiger partial charge in [-0.1, -0.05) is 45.7 Å². The summed E-state index contributed by atoms with van der Waals surface area (Å²) in [6.07, 6.45) is 3.30. The van der Waals surface area contributed by atoms with E-state index >= 15 is 0 Å². The summed E-state index contributed by atoms with van der Waals surface area (Å²) >= 11 is 0. The molecule has 1 unspecified atom stereocenters. The van der Waals surface area contributed by atoms with E-state index in [2.05, 4.69) is 15.6 Å². The van der Waals surface area contributed by atoms with E-state index in [4.69, 9.17) is 4.74 Å². The van der Waals surface area contributed by atoms with Crippen LogP contribution in [-0.2, 0) is 22.5 Å². The number of hydrogen-bond acceptors (Lipinski definition) is 5. The third-order valence-corrected chi connectivity index (χ3v) is 6.44. The molecule has 1 heterocycles. The van der Waals surface area contributed by atoms with Crippen LogP contribution >= 0.6 is 0 Å². The fraction of sp³-hybridized carbons (Fsp3) is 0.481. The molecule has 0 fully saturated rings. The molecule has 2 amide bonds. The fourth-order valence-electron chi connectivity index (χ4n) is 4.56. The number of fused-ring (bicyclic) bond motifs is 1. The van der Waals surface area contributed by atoms with Crippen LogP contribution in [0.3, 0.4) is 0 Å². The number of aromatic amines is 1. The summed E-state index contributed by atoms with van der Waals surface area (Å²) in [6.45, 7) is 8.14. The lowest BCUT2D eigenvalue weighted by Crippen LogP contribution is -2.46. The molecule has 2 aromatic rings. The van der Waals surface area contributed by atoms with E-state index in [0.717, 1.165) is 24.1 Å². The highest BCUT2D eigenvalue weighted by Crippen LogP contribution is 2.36. The molecule has 1 aliphatic carbocycles. The molecule has 3 rings (SSSR count). The second kappa shape index (κ2) is 10.9. The minimum Gasteiger partial charge on any atom is -0.465 e. The van der Waals surface area contributed by atoms with E-state index in [1.807, 2.05) is 20.8 Å². The maximum Gasteiger partial charge on any atom is 0.337 e. The van der Waals surface area contributed by atoms with Gasteiger partial charge in [-0.2, -0.15) is 0 Å². The number of rotatable bonds is 9. The van der Waals surface area contributed by atoms with Crippen LogP contribution in [0.4, 0.5) is 0 Å². The normalized spacial score (nSPS) is 15.2. The zero-order valence-corrected chi connectivity index (χ0v) is 21.2. The molecule has 1 aliphatic rings. The largest absolute Gasteiger partial charge is 0.465 e. The van der Waals surface area contributed by atoms with Crippen molar-refractivity contribution in [2.24, 2.45) is 5.41 Å². The van der Waals surface area contributed by atoms with E-state index in [0.29, 0.717) is 41.6 Å². The van der Waals surface area contributed by atoms with Gasteiger partial charge in [0.05, 0.1) is 12.7 Å². The Morgan fingerprint density at radius 3 is 2.46 bits per heavy atom. The molecular weight excluding hydrogens is 446 g/mol. The number of nitrogens with one attached hydrogen (secondary N) is 3. The molecule has 1 aromatic carbocycles. The van der Waals surface area contributed by atoms with Gasteiger partial charge < -0.3 is 20.4 Å². The summed E-state index contributed by atoms with van der Waals surface area (Å²) in [6, 6.07) is 6.07. The number of carbonyl (C=O) groups is 4. The Morgan fingerprint density at radius 2 is 1.83 bits per heavy atom. The number of ketones is 1. The van der Waals surface area contributed by atoms with Crippen LogP contribution in [-0.4, -0.2) is 41.7 Å². The van der Waals surface area contributed by atoms with Crippen LogP contribution in [0.15, 0.2) is 24.3 Å². The number of aromatic nitrogens is 1. The molecule has 0 saturated carbocycles. The van der Waals surface area contributed by atoms with Crippen molar-refractivity contribution in [3.8, 4) is 0 Å². The zero-order valence-electron chi connectivity index (χ0n) is 21.2. The fourth-order valence-corrected chi connectivity index (χ4v) is 4.56. The number of unbranched alkanes of at least 4 members (excludes halogenated alkanes) is 1. The number of carbonyl (C=O) groups excluding carboxylic acids is 4. The van der Waals surface area contributed by atoms with Gasteiger partial charge in [-0.15, -0.1) is 0 Å². The molecule has 0 spiro atoms. The molecule has 0 saturated heterocycles. The second-order valence-electron chi connectivity index (χ2n) is 9.99. The maximum absolute atomic E-state index is 13.2. The first-order valence-electron chi connectivity index (χ1n) is 12.1. The van der Waals surface area contributed by atoms with Crippen molar-refractivity contribution in [1.29, 1.82) is 0 Å². The number of H-pyrrole nitrogens is 1. The monoisotopic (exact) mass is 481 g/mol. The smallest absolute Gasteiger partial charge is 0.337 e. The first kappa shape index (κ1) is 26.2. The topological polar surface area (TPSA) is 117 Å². The van der Waals surface area contributed by atoms with Crippen molar-refractivity contribution < 1.29 is 23.9 Å². The minimum atomic E-state index is -0.705. The molecule has 0 bridgehead atoms. The van der Waals surface area contributed by atoms with Crippen LogP contribution in [0.1, 0.15) is 94.5 Å². The summed E-state index contributed by atoms with van der Waals surface area (Å²) in [5.74, 6) is -1.05. The predicted molar refractivity (Wildman–Crippen MR) is 132 cm³/mol. The van der Waals surface area contributed by atoms with E-state index in [-0.39, 0.29) is 29.6 Å². The summed E-state index contributed by atoms with van der Waals surface area (Å²) in [4.78, 5) is 53.6. The molecule has 1 aromatic heterocycles. The first-order chi connectivity index (χ1) is 16.6. The second-order valence-corrected chi connectivity index (χ2v) is 9.99. The maximum atomic E-state index is 13.2. The van der Waals surface area contributed by atoms with Crippen molar-refractivity contribution >= 4 is 23.6 Å². The molecule has 8 heteroatoms. The van der Waals surface area contributed by atoms with Crippen LogP contribution in [0.2, 0.25) is 0 Å². The number of Topliss-reactive ketones (excluding diaryl/α,β-unsaturated/α-hetero) is 1. The lowest BCUT2D eigenvalue weighted by atomic mass is 9.75. The van der Waals surface area contributed by atoms with Crippen LogP contribution in [0.5, 0.6) is 0 Å².